The Kier molecular flexibility index (Phi) is 2.55. The van der Waals surface area contributed by atoms with E-state index in [2.05, 4.69) is 25.6 Å². The van der Waals surface area contributed by atoms with Gasteiger partial charge in [-0.25, -0.2) is 0 Å². The van der Waals surface area contributed by atoms with Crippen molar-refractivity contribution in [1.82, 2.24) is 0 Å². The molecule has 0 aromatic carbocycles. The Labute approximate surface area is 66.9 Å². The van der Waals surface area contributed by atoms with Gasteiger partial charge in [-0.3, -0.25) is 4.79 Å². The second kappa shape index (κ2) is 3.24. The first-order valence-corrected chi connectivity index (χ1v) is 4.09. The highest BCUT2D eigenvalue weighted by atomic mass is 32.1. The summed E-state index contributed by atoms with van der Waals surface area (Å²) in [5.41, 5.74) is 1.41. The number of rotatable bonds is 2. The maximum absolute atomic E-state index is 10.7. The number of allylic oxidation sites excluding steroid dienone is 2. The lowest BCUT2D eigenvalue weighted by Crippen LogP contribution is -2.03. The Balaban J connectivity index is 2.43. The zero-order valence-corrected chi connectivity index (χ0v) is 7.03. The third-order valence-electron chi connectivity index (χ3n) is 2.00. The molecule has 0 spiro atoms. The molecule has 56 valence electrons. The minimum atomic E-state index is 0.0414. The predicted molar refractivity (Wildman–Crippen MR) is 45.1 cm³/mol. The van der Waals surface area contributed by atoms with Gasteiger partial charge in [-0.1, -0.05) is 18.6 Å². The maximum Gasteiger partial charge on any atom is 0.189 e. The SMILES string of the molecule is CCC1=CCC(C(=O)S)C1. The Bertz CT molecular complexity index is 172. The van der Waals surface area contributed by atoms with Crippen molar-refractivity contribution in [3.05, 3.63) is 11.6 Å². The summed E-state index contributed by atoms with van der Waals surface area (Å²) in [5, 5.41) is 0.0414. The molecular formula is C8H12OS. The van der Waals surface area contributed by atoms with Gasteiger partial charge in [-0.2, -0.15) is 0 Å². The number of carbonyl (C=O) groups excluding carboxylic acids is 1. The van der Waals surface area contributed by atoms with Crippen molar-refractivity contribution in [2.45, 2.75) is 26.2 Å². The standard InChI is InChI=1S/C8H12OS/c1-2-6-3-4-7(5-6)8(9)10/h3,7H,2,4-5H2,1H3,(H,9,10). The zero-order valence-electron chi connectivity index (χ0n) is 6.13. The third-order valence-corrected chi connectivity index (χ3v) is 2.37. The maximum atomic E-state index is 10.7. The lowest BCUT2D eigenvalue weighted by molar-refractivity contribution is -0.113. The van der Waals surface area contributed by atoms with Gasteiger partial charge in [-0.15, -0.1) is 12.6 Å². The Hall–Kier alpha value is -0.240. The van der Waals surface area contributed by atoms with Crippen LogP contribution in [0.2, 0.25) is 0 Å². The van der Waals surface area contributed by atoms with Gasteiger partial charge in [0.1, 0.15) is 0 Å². The number of carbonyl (C=O) groups is 1. The summed E-state index contributed by atoms with van der Waals surface area (Å²) in [6.45, 7) is 2.12. The predicted octanol–water partition coefficient (Wildman–Crippen LogP) is 2.19. The van der Waals surface area contributed by atoms with E-state index in [1.807, 2.05) is 0 Å². The molecule has 0 aliphatic heterocycles. The van der Waals surface area contributed by atoms with Crippen molar-refractivity contribution < 1.29 is 4.79 Å². The van der Waals surface area contributed by atoms with Gasteiger partial charge in [0.2, 0.25) is 0 Å². The van der Waals surface area contributed by atoms with Crippen molar-refractivity contribution in [3.63, 3.8) is 0 Å². The van der Waals surface area contributed by atoms with E-state index in [4.69, 9.17) is 0 Å². The molecule has 0 N–H and O–H groups in total. The van der Waals surface area contributed by atoms with Gasteiger partial charge in [-0.05, 0) is 19.3 Å². The molecule has 0 radical (unpaired) electrons. The third kappa shape index (κ3) is 1.63. The number of thiol groups is 1. The monoisotopic (exact) mass is 156 g/mol. The van der Waals surface area contributed by atoms with Crippen molar-refractivity contribution in [1.29, 1.82) is 0 Å². The molecule has 1 unspecified atom stereocenters. The summed E-state index contributed by atoms with van der Waals surface area (Å²) in [5.74, 6) is 0.179. The molecule has 0 aromatic rings. The van der Waals surface area contributed by atoms with E-state index in [0.717, 1.165) is 19.3 Å². The zero-order chi connectivity index (χ0) is 7.56. The van der Waals surface area contributed by atoms with Crippen LogP contribution in [-0.4, -0.2) is 5.12 Å². The van der Waals surface area contributed by atoms with E-state index in [9.17, 15) is 4.79 Å². The van der Waals surface area contributed by atoms with Crippen LogP contribution in [-0.2, 0) is 4.79 Å². The van der Waals surface area contributed by atoms with Crippen LogP contribution in [0.3, 0.4) is 0 Å². The first-order chi connectivity index (χ1) is 4.74. The first kappa shape index (κ1) is 7.86. The summed E-state index contributed by atoms with van der Waals surface area (Å²) < 4.78 is 0. The number of hydrogen-bond donors (Lipinski definition) is 1. The summed E-state index contributed by atoms with van der Waals surface area (Å²) in [7, 11) is 0. The van der Waals surface area contributed by atoms with Crippen molar-refractivity contribution >= 4 is 17.7 Å². The highest BCUT2D eigenvalue weighted by molar-refractivity contribution is 7.96. The average Bonchev–Trinajstić information content (AvgIpc) is 2.34. The minimum Gasteiger partial charge on any atom is -0.287 e. The molecule has 0 fully saturated rings. The van der Waals surface area contributed by atoms with Gasteiger partial charge in [0.25, 0.3) is 0 Å². The largest absolute Gasteiger partial charge is 0.287 e. The summed E-state index contributed by atoms with van der Waals surface area (Å²) in [6.07, 6.45) is 5.10. The number of hydrogen-bond acceptors (Lipinski definition) is 1. The van der Waals surface area contributed by atoms with Crippen LogP contribution in [0.5, 0.6) is 0 Å². The van der Waals surface area contributed by atoms with E-state index in [0.29, 0.717) is 0 Å². The van der Waals surface area contributed by atoms with Crippen LogP contribution in [0.4, 0.5) is 0 Å². The average molecular weight is 156 g/mol. The van der Waals surface area contributed by atoms with Gasteiger partial charge in [0.15, 0.2) is 5.12 Å². The Morgan fingerprint density at radius 3 is 2.90 bits per heavy atom. The van der Waals surface area contributed by atoms with Gasteiger partial charge < -0.3 is 0 Å². The van der Waals surface area contributed by atoms with E-state index < -0.39 is 0 Å². The van der Waals surface area contributed by atoms with E-state index in [1.54, 1.807) is 0 Å². The molecule has 0 amide bonds. The van der Waals surface area contributed by atoms with Crippen molar-refractivity contribution in [3.8, 4) is 0 Å². The fourth-order valence-corrected chi connectivity index (χ4v) is 1.47. The molecule has 1 rings (SSSR count). The molecule has 0 heterocycles. The van der Waals surface area contributed by atoms with E-state index >= 15 is 0 Å². The lowest BCUT2D eigenvalue weighted by Gasteiger charge is -2.02. The molecule has 0 aromatic heterocycles. The van der Waals surface area contributed by atoms with Gasteiger partial charge in [0, 0.05) is 5.92 Å². The molecule has 10 heavy (non-hydrogen) atoms. The molecule has 0 saturated heterocycles. The minimum absolute atomic E-state index is 0.0414. The summed E-state index contributed by atoms with van der Waals surface area (Å²) in [4.78, 5) is 10.7. The van der Waals surface area contributed by atoms with Crippen LogP contribution in [0, 0.1) is 5.92 Å². The first-order valence-electron chi connectivity index (χ1n) is 3.64. The Morgan fingerprint density at radius 1 is 1.90 bits per heavy atom. The van der Waals surface area contributed by atoms with Gasteiger partial charge in [0.05, 0.1) is 0 Å². The van der Waals surface area contributed by atoms with Crippen LogP contribution in [0.15, 0.2) is 11.6 Å². The van der Waals surface area contributed by atoms with Crippen LogP contribution < -0.4 is 0 Å². The van der Waals surface area contributed by atoms with Crippen LogP contribution in [0.25, 0.3) is 0 Å². The molecule has 1 atom stereocenters. The second-order valence-corrected chi connectivity index (χ2v) is 3.13. The fourth-order valence-electron chi connectivity index (χ4n) is 1.27. The molecule has 0 bridgehead atoms. The Morgan fingerprint density at radius 2 is 2.60 bits per heavy atom. The van der Waals surface area contributed by atoms with Crippen molar-refractivity contribution in [2.24, 2.45) is 5.92 Å². The summed E-state index contributed by atoms with van der Waals surface area (Å²) >= 11 is 3.80. The quantitative estimate of drug-likeness (QED) is 0.479. The molecule has 1 aliphatic rings. The molecule has 1 nitrogen and oxygen atoms in total. The van der Waals surface area contributed by atoms with E-state index in [-0.39, 0.29) is 11.0 Å². The molecule has 1 aliphatic carbocycles. The second-order valence-electron chi connectivity index (χ2n) is 2.69. The molecule has 2 heteroatoms. The van der Waals surface area contributed by atoms with Crippen molar-refractivity contribution in [2.75, 3.05) is 0 Å². The highest BCUT2D eigenvalue weighted by Crippen LogP contribution is 2.27. The van der Waals surface area contributed by atoms with Crippen LogP contribution in [0.1, 0.15) is 26.2 Å². The smallest absolute Gasteiger partial charge is 0.189 e. The topological polar surface area (TPSA) is 17.1 Å². The van der Waals surface area contributed by atoms with Crippen LogP contribution >= 0.6 is 12.6 Å². The molecular weight excluding hydrogens is 144 g/mol. The lowest BCUT2D eigenvalue weighted by atomic mass is 10.1. The molecule has 0 saturated carbocycles. The fraction of sp³-hybridized carbons (Fsp3) is 0.625. The summed E-state index contributed by atoms with van der Waals surface area (Å²) in [6, 6.07) is 0. The van der Waals surface area contributed by atoms with E-state index in [1.165, 1.54) is 5.57 Å². The highest BCUT2D eigenvalue weighted by Gasteiger charge is 2.19. The normalized spacial score (nSPS) is 24.6. The van der Waals surface area contributed by atoms with Gasteiger partial charge >= 0.3 is 0 Å².